The van der Waals surface area contributed by atoms with Gasteiger partial charge in [0.05, 0.1) is 20.6 Å². The lowest BCUT2D eigenvalue weighted by molar-refractivity contribution is -0.134. The summed E-state index contributed by atoms with van der Waals surface area (Å²) in [5.74, 6) is 0.304. The number of hydrogen-bond donors (Lipinski definition) is 2. The van der Waals surface area contributed by atoms with Crippen LogP contribution in [0.2, 0.25) is 10.0 Å². The standard InChI is InChI=1S/C23H29Cl2N5O3S/c1-2-4-16-6-10-30(11-7-16)23(31)21(8-12-29-9-3-5-17(29)15-26)28-34(32,33)18-13-19(24)22(27)20(25)14-18/h3,5,9,13-14,16,21,28H,2,4,6-8,10-12,27H2,1H3. The number of nitrogen functional groups attached to an aromatic ring is 1. The van der Waals surface area contributed by atoms with Gasteiger partial charge in [0, 0.05) is 25.8 Å². The third kappa shape index (κ3) is 6.25. The molecule has 2 heterocycles. The molecule has 11 heteroatoms. The number of halogens is 2. The van der Waals surface area contributed by atoms with E-state index in [2.05, 4.69) is 17.7 Å². The van der Waals surface area contributed by atoms with Gasteiger partial charge in [0.15, 0.2) is 0 Å². The van der Waals surface area contributed by atoms with Crippen LogP contribution in [0.3, 0.4) is 0 Å². The molecule has 34 heavy (non-hydrogen) atoms. The minimum Gasteiger partial charge on any atom is -0.396 e. The number of carbonyl (C=O) groups excluding carboxylic acids is 1. The smallest absolute Gasteiger partial charge is 0.241 e. The summed E-state index contributed by atoms with van der Waals surface area (Å²) < 4.78 is 30.6. The Labute approximate surface area is 210 Å². The van der Waals surface area contributed by atoms with Gasteiger partial charge in [0.1, 0.15) is 17.8 Å². The highest BCUT2D eigenvalue weighted by Gasteiger charge is 2.32. The summed E-state index contributed by atoms with van der Waals surface area (Å²) in [6.45, 7) is 3.63. The van der Waals surface area contributed by atoms with E-state index in [1.807, 2.05) is 0 Å². The molecule has 1 amide bonds. The van der Waals surface area contributed by atoms with Crippen molar-refractivity contribution in [2.75, 3.05) is 18.8 Å². The summed E-state index contributed by atoms with van der Waals surface area (Å²) in [6.07, 6.45) is 5.93. The van der Waals surface area contributed by atoms with Crippen molar-refractivity contribution in [1.82, 2.24) is 14.2 Å². The van der Waals surface area contributed by atoms with Crippen LogP contribution in [-0.4, -0.2) is 42.9 Å². The molecule has 0 radical (unpaired) electrons. The number of nitriles is 1. The summed E-state index contributed by atoms with van der Waals surface area (Å²) in [7, 11) is -4.13. The van der Waals surface area contributed by atoms with E-state index >= 15 is 0 Å². The highest BCUT2D eigenvalue weighted by molar-refractivity contribution is 7.89. The van der Waals surface area contributed by atoms with Gasteiger partial charge < -0.3 is 15.2 Å². The summed E-state index contributed by atoms with van der Waals surface area (Å²) in [4.78, 5) is 15.0. The SMILES string of the molecule is CCCC1CCN(C(=O)C(CCn2cccc2C#N)NS(=O)(=O)c2cc(Cl)c(N)c(Cl)c2)CC1. The Morgan fingerprint density at radius 3 is 2.53 bits per heavy atom. The van der Waals surface area contributed by atoms with Crippen LogP contribution >= 0.6 is 23.2 Å². The number of nitrogens with zero attached hydrogens (tertiary/aromatic N) is 3. The quantitative estimate of drug-likeness (QED) is 0.478. The molecule has 1 aromatic heterocycles. The molecule has 1 aliphatic heterocycles. The first-order valence-corrected chi connectivity index (χ1v) is 13.5. The van der Waals surface area contributed by atoms with E-state index in [1.54, 1.807) is 27.8 Å². The highest BCUT2D eigenvalue weighted by Crippen LogP contribution is 2.31. The maximum atomic E-state index is 13.4. The molecule has 1 unspecified atom stereocenters. The maximum Gasteiger partial charge on any atom is 0.241 e. The number of aromatic nitrogens is 1. The van der Waals surface area contributed by atoms with Crippen molar-refractivity contribution in [3.63, 3.8) is 0 Å². The van der Waals surface area contributed by atoms with Gasteiger partial charge in [-0.3, -0.25) is 4.79 Å². The molecule has 2 aromatic rings. The van der Waals surface area contributed by atoms with E-state index in [1.165, 1.54) is 12.1 Å². The summed E-state index contributed by atoms with van der Waals surface area (Å²) in [6, 6.07) is 6.89. The highest BCUT2D eigenvalue weighted by atomic mass is 35.5. The number of benzene rings is 1. The van der Waals surface area contributed by atoms with Crippen LogP contribution < -0.4 is 10.5 Å². The van der Waals surface area contributed by atoms with E-state index in [-0.39, 0.29) is 33.0 Å². The Balaban J connectivity index is 1.82. The second-order valence-electron chi connectivity index (χ2n) is 8.52. The van der Waals surface area contributed by atoms with Gasteiger partial charge in [-0.2, -0.15) is 9.98 Å². The molecule has 0 spiro atoms. The lowest BCUT2D eigenvalue weighted by Crippen LogP contribution is -2.51. The molecule has 1 aliphatic rings. The lowest BCUT2D eigenvalue weighted by Gasteiger charge is -2.34. The number of amides is 1. The number of nitrogens with one attached hydrogen (secondary N) is 1. The largest absolute Gasteiger partial charge is 0.396 e. The minimum atomic E-state index is -4.13. The summed E-state index contributed by atoms with van der Waals surface area (Å²) in [5.41, 5.74) is 6.26. The fraction of sp³-hybridized carbons (Fsp3) is 0.478. The Kier molecular flexibility index (Phi) is 8.88. The summed E-state index contributed by atoms with van der Waals surface area (Å²) >= 11 is 12.1. The van der Waals surface area contributed by atoms with Crippen molar-refractivity contribution in [2.24, 2.45) is 5.92 Å². The predicted octanol–water partition coefficient (Wildman–Crippen LogP) is 4.02. The first kappa shape index (κ1) is 26.4. The van der Waals surface area contributed by atoms with Gasteiger partial charge >= 0.3 is 0 Å². The van der Waals surface area contributed by atoms with Crippen molar-refractivity contribution in [2.45, 2.75) is 56.5 Å². The second kappa shape index (κ2) is 11.5. The van der Waals surface area contributed by atoms with Crippen molar-refractivity contribution in [3.05, 3.63) is 46.2 Å². The van der Waals surface area contributed by atoms with Crippen molar-refractivity contribution < 1.29 is 13.2 Å². The molecule has 1 atom stereocenters. The normalized spacial score (nSPS) is 15.8. The first-order valence-electron chi connectivity index (χ1n) is 11.3. The van der Waals surface area contributed by atoms with E-state index in [0.29, 0.717) is 31.2 Å². The van der Waals surface area contributed by atoms with Gasteiger partial charge in [0.2, 0.25) is 15.9 Å². The molecule has 3 rings (SSSR count). The molecule has 3 N–H and O–H groups in total. The molecule has 184 valence electrons. The van der Waals surface area contributed by atoms with Crippen molar-refractivity contribution >= 4 is 44.8 Å². The molecule has 1 saturated heterocycles. The Hall–Kier alpha value is -2.25. The minimum absolute atomic E-state index is 0.0137. The number of rotatable bonds is 9. The first-order chi connectivity index (χ1) is 16.2. The van der Waals surface area contributed by atoms with E-state index in [9.17, 15) is 18.5 Å². The number of carbonyl (C=O) groups is 1. The molecular formula is C23H29Cl2N5O3S. The maximum absolute atomic E-state index is 13.4. The zero-order valence-corrected chi connectivity index (χ0v) is 21.3. The van der Waals surface area contributed by atoms with E-state index in [0.717, 1.165) is 25.7 Å². The van der Waals surface area contributed by atoms with E-state index in [4.69, 9.17) is 28.9 Å². The number of hydrogen-bond acceptors (Lipinski definition) is 5. The lowest BCUT2D eigenvalue weighted by atomic mass is 9.92. The number of piperidine rings is 1. The third-order valence-electron chi connectivity index (χ3n) is 6.18. The fourth-order valence-corrected chi connectivity index (χ4v) is 6.15. The number of aryl methyl sites for hydroxylation is 1. The molecule has 8 nitrogen and oxygen atoms in total. The summed E-state index contributed by atoms with van der Waals surface area (Å²) in [5, 5.41) is 9.30. The monoisotopic (exact) mass is 525 g/mol. The Morgan fingerprint density at radius 1 is 1.29 bits per heavy atom. The van der Waals surface area contributed by atoms with Gasteiger partial charge in [-0.05, 0) is 49.4 Å². The van der Waals surface area contributed by atoms with E-state index < -0.39 is 16.1 Å². The third-order valence-corrected chi connectivity index (χ3v) is 8.26. The van der Waals surface area contributed by atoms with Crippen LogP contribution in [0.4, 0.5) is 5.69 Å². The van der Waals surface area contributed by atoms with Gasteiger partial charge in [0.25, 0.3) is 0 Å². The van der Waals surface area contributed by atoms with Crippen LogP contribution in [0.15, 0.2) is 35.4 Å². The fourth-order valence-electron chi connectivity index (χ4n) is 4.25. The molecule has 0 aliphatic carbocycles. The topological polar surface area (TPSA) is 121 Å². The van der Waals surface area contributed by atoms with Crippen LogP contribution in [0.5, 0.6) is 0 Å². The molecule has 1 aromatic carbocycles. The predicted molar refractivity (Wildman–Crippen MR) is 133 cm³/mol. The Morgan fingerprint density at radius 2 is 1.94 bits per heavy atom. The van der Waals surface area contributed by atoms with Gasteiger partial charge in [-0.25, -0.2) is 8.42 Å². The van der Waals surface area contributed by atoms with Gasteiger partial charge in [-0.15, -0.1) is 0 Å². The van der Waals surface area contributed by atoms with Crippen molar-refractivity contribution in [1.29, 1.82) is 5.26 Å². The molecule has 0 saturated carbocycles. The second-order valence-corrected chi connectivity index (χ2v) is 11.0. The van der Waals surface area contributed by atoms with Crippen LogP contribution in [0.25, 0.3) is 0 Å². The number of likely N-dealkylation sites (tertiary alicyclic amines) is 1. The van der Waals surface area contributed by atoms with Crippen LogP contribution in [0.1, 0.15) is 44.7 Å². The zero-order chi connectivity index (χ0) is 24.9. The average Bonchev–Trinajstić information content (AvgIpc) is 3.27. The van der Waals surface area contributed by atoms with Crippen LogP contribution in [0, 0.1) is 17.2 Å². The number of nitrogens with two attached hydrogens (primary N) is 1. The number of anilines is 1. The number of sulfonamides is 1. The Bertz CT molecular complexity index is 1140. The van der Waals surface area contributed by atoms with Crippen molar-refractivity contribution in [3.8, 4) is 6.07 Å². The molecular weight excluding hydrogens is 497 g/mol. The van der Waals surface area contributed by atoms with Crippen LogP contribution in [-0.2, 0) is 21.4 Å². The molecule has 1 fully saturated rings. The average molecular weight is 526 g/mol. The molecule has 0 bridgehead atoms. The van der Waals surface area contributed by atoms with Gasteiger partial charge in [-0.1, -0.05) is 43.0 Å². The zero-order valence-electron chi connectivity index (χ0n) is 19.0.